The number of hydrogen-bond donors (Lipinski definition) is 15. The first-order valence-corrected chi connectivity index (χ1v) is 37.9. The molecule has 4 aliphatic heterocycles. The molecule has 2 amide bonds. The highest BCUT2D eigenvalue weighted by Crippen LogP contribution is 2.30. The molecule has 0 radical (unpaired) electrons. The number of aliphatic carboxylic acids is 1. The van der Waals surface area contributed by atoms with Gasteiger partial charge in [0.15, 0.2) is 25.2 Å². The zero-order chi connectivity index (χ0) is 77.8. The minimum absolute atomic E-state index is 0.134. The van der Waals surface area contributed by atoms with Gasteiger partial charge in [0.05, 0.1) is 61.9 Å². The SMILES string of the molecule is CC(=O)N[C@H]1[C@H](OCCCCCn2cc(CN(CCCC[C@H](C(=O)O)N(Cc3cnn(CCCCCO[C@@H]4O[C@H](CO)[C@H](O)[C@H](O)[C@H]4C)c3)Cc3cn(CCCCCO[C@@H]4O[C@H](CO)[C@H](O)[C@H](O)[C@H]4NC(C)=O)nn3)Cc3cn(CCCCCO[C@@H]4O[C@H](CO)[C@H](O)[C@H](O)[C@H]4C)nn3)nn2)O[C@H](CO)[C@H](O)[C@@H]1O. The van der Waals surface area contributed by atoms with E-state index in [-0.39, 0.29) is 32.7 Å². The third-order valence-electron chi connectivity index (χ3n) is 20.0. The number of carboxylic acid groups (broad SMARTS) is 1. The summed E-state index contributed by atoms with van der Waals surface area (Å²) in [5.74, 6) is -2.93. The monoisotopic (exact) mass is 1540 g/mol. The minimum atomic E-state index is -1.43. The molecule has 8 rings (SSSR count). The number of ether oxygens (including phenoxy) is 8. The Kier molecular flexibility index (Phi) is 36.6. The number of carbonyl (C=O) groups is 3. The molecule has 4 saturated heterocycles. The van der Waals surface area contributed by atoms with Gasteiger partial charge in [0, 0.05) is 135 Å². The first-order valence-electron chi connectivity index (χ1n) is 37.9. The molecule has 4 aromatic heterocycles. The Morgan fingerprint density at radius 2 is 0.815 bits per heavy atom. The average Bonchev–Trinajstić information content (AvgIpc) is 1.08. The molecule has 39 heteroatoms. The molecular weight excluding hydrogens is 1420 g/mol. The van der Waals surface area contributed by atoms with E-state index in [1.807, 2.05) is 28.2 Å². The molecule has 21 atom stereocenters. The van der Waals surface area contributed by atoms with Crippen LogP contribution in [0, 0.1) is 11.8 Å². The number of nitrogens with one attached hydrogen (secondary N) is 2. The summed E-state index contributed by atoms with van der Waals surface area (Å²) in [6.07, 6.45) is 0.558. The molecule has 0 aliphatic carbocycles. The number of rotatable bonds is 49. The van der Waals surface area contributed by atoms with E-state index in [0.717, 1.165) is 31.2 Å². The molecule has 0 bridgehead atoms. The van der Waals surface area contributed by atoms with Crippen LogP contribution in [-0.2, 0) is 105 Å². The highest BCUT2D eigenvalue weighted by atomic mass is 16.7. The van der Waals surface area contributed by atoms with Gasteiger partial charge in [-0.3, -0.25) is 42.9 Å². The first kappa shape index (κ1) is 87.7. The molecule has 39 nitrogen and oxygen atoms in total. The predicted octanol–water partition coefficient (Wildman–Crippen LogP) is -3.23. The summed E-state index contributed by atoms with van der Waals surface area (Å²) in [6.45, 7) is 8.75. The predicted molar refractivity (Wildman–Crippen MR) is 375 cm³/mol. The van der Waals surface area contributed by atoms with Gasteiger partial charge in [0.2, 0.25) is 11.8 Å². The molecule has 108 heavy (non-hydrogen) atoms. The number of aliphatic hydroxyl groups is 12. The lowest BCUT2D eigenvalue weighted by atomic mass is 9.92. The molecule has 4 aromatic rings. The van der Waals surface area contributed by atoms with Crippen LogP contribution in [0.1, 0.15) is 147 Å². The second-order valence-corrected chi connectivity index (χ2v) is 28.7. The summed E-state index contributed by atoms with van der Waals surface area (Å²) in [5, 5.41) is 170. The summed E-state index contributed by atoms with van der Waals surface area (Å²) in [4.78, 5) is 41.4. The fourth-order valence-electron chi connectivity index (χ4n) is 13.8. The van der Waals surface area contributed by atoms with Gasteiger partial charge in [0.1, 0.15) is 79.2 Å². The molecule has 4 fully saturated rings. The molecule has 0 spiro atoms. The fourth-order valence-corrected chi connectivity index (χ4v) is 13.8. The number of aromatic nitrogens is 11. The van der Waals surface area contributed by atoms with Gasteiger partial charge >= 0.3 is 5.97 Å². The highest BCUT2D eigenvalue weighted by Gasteiger charge is 2.48. The molecule has 0 saturated carbocycles. The van der Waals surface area contributed by atoms with E-state index in [4.69, 9.17) is 37.9 Å². The Morgan fingerprint density at radius 1 is 0.454 bits per heavy atom. The number of nitrogens with zero attached hydrogens (tertiary/aromatic N) is 13. The van der Waals surface area contributed by atoms with Crippen molar-refractivity contribution in [3.63, 3.8) is 0 Å². The number of carboxylic acids is 1. The standard InChI is InChI=1S/C69H117N15O24/c1-42-57(91)59(93)51(38-85)105-66(42)101-25-15-5-10-21-81-31-46(29-70-81)30-80(34-49-37-84(78-75-49)24-13-8-18-28-104-69-56(72-45(4)90)64(98)62(96)54(41-88)108-69)50(65(99)100)19-9-14-20-79(32-47-35-82(76-73-47)22-11-6-16-26-102-67-43(2)58(92)60(94)52(39-86)106-67)33-48-36-83(77-74-48)23-12-7-17-27-103-68-55(71-44(3)89)63(97)61(95)53(40-87)107-68/h29,31,35-37,42-43,50-64,66-69,85-88,91-98H,5-28,30,32-34,38-41H2,1-4H3,(H,71,89)(H,72,90)(H,99,100)/t42-,43-,50-,51-,52-,53-,54-,55-,56-,57-,58-,59+,60+,61+,62+,63-,64-,66-,67-,68-,69-/m1/s1. The third kappa shape index (κ3) is 26.4. The minimum Gasteiger partial charge on any atom is -0.480 e. The fraction of sp³-hybridized carbons (Fsp3) is 0.826. The molecule has 0 unspecified atom stereocenters. The van der Waals surface area contributed by atoms with Crippen LogP contribution in [0.4, 0.5) is 0 Å². The van der Waals surface area contributed by atoms with E-state index in [0.29, 0.717) is 140 Å². The van der Waals surface area contributed by atoms with E-state index in [1.54, 1.807) is 40.3 Å². The van der Waals surface area contributed by atoms with Crippen molar-refractivity contribution >= 4 is 17.8 Å². The van der Waals surface area contributed by atoms with E-state index in [9.17, 15) is 80.8 Å². The van der Waals surface area contributed by atoms with Crippen LogP contribution < -0.4 is 10.6 Å². The van der Waals surface area contributed by atoms with Gasteiger partial charge in [-0.25, -0.2) is 0 Å². The number of hydrogen-bond acceptors (Lipinski definition) is 32. The van der Waals surface area contributed by atoms with Crippen molar-refractivity contribution in [2.75, 3.05) is 59.4 Å². The van der Waals surface area contributed by atoms with Gasteiger partial charge in [-0.15, -0.1) is 15.3 Å². The normalized spacial score (nSPS) is 29.3. The van der Waals surface area contributed by atoms with Crippen molar-refractivity contribution in [3.05, 3.63) is 53.6 Å². The van der Waals surface area contributed by atoms with Crippen LogP contribution in [0.5, 0.6) is 0 Å². The largest absolute Gasteiger partial charge is 0.480 e. The maximum absolute atomic E-state index is 13.6. The molecule has 612 valence electrons. The number of carbonyl (C=O) groups excluding carboxylic acids is 2. The number of aliphatic hydroxyl groups excluding tert-OH is 12. The van der Waals surface area contributed by atoms with Gasteiger partial charge in [-0.05, 0) is 96.4 Å². The molecule has 0 aromatic carbocycles. The van der Waals surface area contributed by atoms with E-state index >= 15 is 0 Å². The maximum atomic E-state index is 13.6. The molecular formula is C69H117N15O24. The van der Waals surface area contributed by atoms with Crippen molar-refractivity contribution in [2.24, 2.45) is 11.8 Å². The van der Waals surface area contributed by atoms with Crippen LogP contribution in [0.3, 0.4) is 0 Å². The Balaban J connectivity index is 0.880. The number of unbranched alkanes of at least 4 members (excludes halogenated alkanes) is 9. The summed E-state index contributed by atoms with van der Waals surface area (Å²) >= 11 is 0. The lowest BCUT2D eigenvalue weighted by Gasteiger charge is -2.42. The van der Waals surface area contributed by atoms with Gasteiger partial charge in [-0.1, -0.05) is 35.9 Å². The van der Waals surface area contributed by atoms with Crippen molar-refractivity contribution in [2.45, 2.75) is 293 Å². The van der Waals surface area contributed by atoms with Gasteiger partial charge in [-0.2, -0.15) is 5.10 Å². The van der Waals surface area contributed by atoms with Gasteiger partial charge < -0.3 is 115 Å². The summed E-state index contributed by atoms with van der Waals surface area (Å²) in [5.41, 5.74) is 2.71. The Bertz CT molecular complexity index is 3230. The summed E-state index contributed by atoms with van der Waals surface area (Å²) < 4.78 is 53.4. The first-order chi connectivity index (χ1) is 52.0. The molecule has 4 aliphatic rings. The van der Waals surface area contributed by atoms with Crippen molar-refractivity contribution in [1.29, 1.82) is 0 Å². The van der Waals surface area contributed by atoms with Crippen LogP contribution in [0.15, 0.2) is 31.0 Å². The van der Waals surface area contributed by atoms with Crippen LogP contribution in [0.25, 0.3) is 0 Å². The zero-order valence-electron chi connectivity index (χ0n) is 62.3. The van der Waals surface area contributed by atoms with E-state index in [1.165, 1.54) is 13.8 Å². The zero-order valence-corrected chi connectivity index (χ0v) is 62.3. The van der Waals surface area contributed by atoms with Crippen molar-refractivity contribution in [1.82, 2.24) is 75.2 Å². The van der Waals surface area contributed by atoms with Crippen LogP contribution >= 0.6 is 0 Å². The number of amides is 2. The van der Waals surface area contributed by atoms with Crippen molar-refractivity contribution in [3.8, 4) is 0 Å². The summed E-state index contributed by atoms with van der Waals surface area (Å²) in [7, 11) is 0. The van der Waals surface area contributed by atoms with E-state index < -0.39 is 173 Å². The Hall–Kier alpha value is -5.84. The lowest BCUT2D eigenvalue weighted by Crippen LogP contribution is -2.64. The summed E-state index contributed by atoms with van der Waals surface area (Å²) in [6, 6.07) is -3.07. The lowest BCUT2D eigenvalue weighted by molar-refractivity contribution is -0.282. The number of aryl methyl sites for hydroxylation is 4. The smallest absolute Gasteiger partial charge is 0.320 e. The van der Waals surface area contributed by atoms with Crippen LogP contribution in [0.2, 0.25) is 0 Å². The Labute approximate surface area is 627 Å². The van der Waals surface area contributed by atoms with E-state index in [2.05, 4.69) is 51.6 Å². The third-order valence-corrected chi connectivity index (χ3v) is 20.0. The quantitative estimate of drug-likeness (QED) is 0.0193. The average molecular weight is 1540 g/mol. The van der Waals surface area contributed by atoms with Crippen molar-refractivity contribution < 1.29 is 119 Å². The maximum Gasteiger partial charge on any atom is 0.320 e. The second kappa shape index (κ2) is 45.0. The molecule has 8 heterocycles. The Morgan fingerprint density at radius 3 is 1.19 bits per heavy atom. The second-order valence-electron chi connectivity index (χ2n) is 28.7. The highest BCUT2D eigenvalue weighted by molar-refractivity contribution is 5.74. The van der Waals surface area contributed by atoms with Gasteiger partial charge in [0.25, 0.3) is 0 Å². The van der Waals surface area contributed by atoms with Crippen LogP contribution in [-0.4, -0.2) is 325 Å². The topological polar surface area (TPSA) is 529 Å². The molecule has 15 N–H and O–H groups in total.